The molecule has 0 unspecified atom stereocenters. The monoisotopic (exact) mass is 356 g/mol. The van der Waals surface area contributed by atoms with Gasteiger partial charge in [-0.05, 0) is 69.1 Å². The Labute approximate surface area is 155 Å². The van der Waals surface area contributed by atoms with Gasteiger partial charge in [-0.25, -0.2) is 0 Å². The van der Waals surface area contributed by atoms with Crippen molar-refractivity contribution in [2.24, 2.45) is 0 Å². The van der Waals surface area contributed by atoms with Crippen LogP contribution < -0.4 is 10.1 Å². The Morgan fingerprint density at radius 3 is 2.77 bits per heavy atom. The number of nitrogens with zero attached hydrogens (tertiary/aromatic N) is 1. The molecule has 0 aliphatic carbocycles. The Morgan fingerprint density at radius 1 is 1.23 bits per heavy atom. The van der Waals surface area contributed by atoms with Crippen LogP contribution in [0.3, 0.4) is 0 Å². The van der Waals surface area contributed by atoms with E-state index < -0.39 is 0 Å². The highest BCUT2D eigenvalue weighted by Gasteiger charge is 2.24. The van der Waals surface area contributed by atoms with E-state index in [2.05, 4.69) is 10.2 Å². The summed E-state index contributed by atoms with van der Waals surface area (Å²) < 4.78 is 11.3. The lowest BCUT2D eigenvalue weighted by Gasteiger charge is -2.33. The van der Waals surface area contributed by atoms with Crippen LogP contribution in [-0.4, -0.2) is 37.0 Å². The van der Waals surface area contributed by atoms with Crippen molar-refractivity contribution in [1.29, 1.82) is 0 Å². The van der Waals surface area contributed by atoms with Crippen LogP contribution >= 0.6 is 0 Å². The molecule has 2 aromatic rings. The fraction of sp³-hybridized carbons (Fsp3) is 0.476. The van der Waals surface area contributed by atoms with Gasteiger partial charge in [-0.3, -0.25) is 9.69 Å². The van der Waals surface area contributed by atoms with Crippen molar-refractivity contribution in [3.05, 3.63) is 53.5 Å². The molecular weight excluding hydrogens is 328 g/mol. The fourth-order valence-electron chi connectivity index (χ4n) is 3.39. The Hall–Kier alpha value is -2.27. The molecule has 0 bridgehead atoms. The number of carbonyl (C=O) groups is 1. The molecule has 1 fully saturated rings. The molecule has 5 heteroatoms. The summed E-state index contributed by atoms with van der Waals surface area (Å²) >= 11 is 0. The minimum atomic E-state index is -0.112. The van der Waals surface area contributed by atoms with Crippen molar-refractivity contribution in [2.45, 2.75) is 39.2 Å². The van der Waals surface area contributed by atoms with Crippen molar-refractivity contribution in [3.63, 3.8) is 0 Å². The lowest BCUT2D eigenvalue weighted by Crippen LogP contribution is -2.41. The fourth-order valence-corrected chi connectivity index (χ4v) is 3.39. The second-order valence-corrected chi connectivity index (χ2v) is 6.99. The second kappa shape index (κ2) is 8.90. The zero-order chi connectivity index (χ0) is 18.4. The topological polar surface area (TPSA) is 54.7 Å². The Kier molecular flexibility index (Phi) is 6.34. The quantitative estimate of drug-likeness (QED) is 0.823. The number of furan rings is 1. The van der Waals surface area contributed by atoms with E-state index in [1.165, 1.54) is 19.3 Å². The predicted octanol–water partition coefficient (Wildman–Crippen LogP) is 3.62. The van der Waals surface area contributed by atoms with E-state index in [0.29, 0.717) is 6.54 Å². The van der Waals surface area contributed by atoms with Crippen LogP contribution in [-0.2, 0) is 4.79 Å². The van der Waals surface area contributed by atoms with Gasteiger partial charge in [0, 0.05) is 6.54 Å². The molecular formula is C21H28N2O3. The van der Waals surface area contributed by atoms with Crippen LogP contribution in [0.25, 0.3) is 0 Å². The number of aryl methyl sites for hydroxylation is 2. The highest BCUT2D eigenvalue weighted by atomic mass is 16.5. The highest BCUT2D eigenvalue weighted by Crippen LogP contribution is 2.24. The second-order valence-electron chi connectivity index (χ2n) is 6.99. The lowest BCUT2D eigenvalue weighted by molar-refractivity contribution is -0.123. The first-order chi connectivity index (χ1) is 12.6. The smallest absolute Gasteiger partial charge is 0.258 e. The molecule has 1 aliphatic heterocycles. The molecule has 0 spiro atoms. The zero-order valence-electron chi connectivity index (χ0n) is 15.7. The summed E-state index contributed by atoms with van der Waals surface area (Å²) in [7, 11) is 0. The van der Waals surface area contributed by atoms with Gasteiger partial charge >= 0.3 is 0 Å². The summed E-state index contributed by atoms with van der Waals surface area (Å²) in [5, 5.41) is 3.01. The molecule has 0 radical (unpaired) electrons. The third kappa shape index (κ3) is 4.88. The summed E-state index contributed by atoms with van der Waals surface area (Å²) in [5.41, 5.74) is 2.15. The van der Waals surface area contributed by atoms with Gasteiger partial charge in [-0.2, -0.15) is 0 Å². The molecule has 0 saturated carbocycles. The first kappa shape index (κ1) is 18.5. The van der Waals surface area contributed by atoms with E-state index in [1.54, 1.807) is 6.26 Å². The molecule has 1 N–H and O–H groups in total. The molecule has 2 heterocycles. The van der Waals surface area contributed by atoms with Gasteiger partial charge in [0.2, 0.25) is 0 Å². The Morgan fingerprint density at radius 2 is 2.04 bits per heavy atom. The van der Waals surface area contributed by atoms with Crippen LogP contribution in [0.15, 0.2) is 41.0 Å². The van der Waals surface area contributed by atoms with E-state index in [0.717, 1.165) is 35.7 Å². The minimum Gasteiger partial charge on any atom is -0.483 e. The molecule has 1 atom stereocenters. The van der Waals surface area contributed by atoms with Crippen molar-refractivity contribution in [3.8, 4) is 5.75 Å². The van der Waals surface area contributed by atoms with Crippen LogP contribution in [0.5, 0.6) is 5.75 Å². The third-order valence-corrected chi connectivity index (χ3v) is 4.90. The van der Waals surface area contributed by atoms with Gasteiger partial charge in [-0.1, -0.05) is 18.6 Å². The Balaban J connectivity index is 1.54. The highest BCUT2D eigenvalue weighted by molar-refractivity contribution is 5.77. The van der Waals surface area contributed by atoms with Gasteiger partial charge < -0.3 is 14.5 Å². The normalized spacial score (nSPS) is 16.2. The van der Waals surface area contributed by atoms with Gasteiger partial charge in [0.05, 0.1) is 12.3 Å². The Bertz CT molecular complexity index is 706. The third-order valence-electron chi connectivity index (χ3n) is 4.90. The zero-order valence-corrected chi connectivity index (χ0v) is 15.7. The maximum atomic E-state index is 12.3. The van der Waals surface area contributed by atoms with Gasteiger partial charge in [-0.15, -0.1) is 0 Å². The van der Waals surface area contributed by atoms with Crippen molar-refractivity contribution in [1.82, 2.24) is 10.2 Å². The average molecular weight is 356 g/mol. The standard InChI is InChI=1S/C21H28N2O3/c1-16-8-9-17(2)20(13-16)26-15-21(24)22-14-18(19-7-6-12-25-19)23-10-4-3-5-11-23/h6-9,12-13,18H,3-5,10-11,14-15H2,1-2H3,(H,22,24)/t18-/m1/s1. The lowest BCUT2D eigenvalue weighted by atomic mass is 10.1. The van der Waals surface area contributed by atoms with Crippen LogP contribution in [0, 0.1) is 13.8 Å². The average Bonchev–Trinajstić information content (AvgIpc) is 3.18. The predicted molar refractivity (Wildman–Crippen MR) is 101 cm³/mol. The first-order valence-corrected chi connectivity index (χ1v) is 9.37. The number of ether oxygens (including phenoxy) is 1. The first-order valence-electron chi connectivity index (χ1n) is 9.37. The molecule has 1 aromatic heterocycles. The molecule has 1 saturated heterocycles. The number of piperidine rings is 1. The van der Waals surface area contributed by atoms with Crippen molar-refractivity contribution >= 4 is 5.91 Å². The number of likely N-dealkylation sites (tertiary alicyclic amines) is 1. The number of rotatable bonds is 7. The minimum absolute atomic E-state index is 0.0230. The molecule has 1 aromatic carbocycles. The number of benzene rings is 1. The number of hydrogen-bond acceptors (Lipinski definition) is 4. The van der Waals surface area contributed by atoms with Crippen molar-refractivity contribution in [2.75, 3.05) is 26.2 Å². The number of amides is 1. The summed E-state index contributed by atoms with van der Waals surface area (Å²) in [4.78, 5) is 14.7. The molecule has 5 nitrogen and oxygen atoms in total. The molecule has 26 heavy (non-hydrogen) atoms. The van der Waals surface area contributed by atoms with E-state index >= 15 is 0 Å². The van der Waals surface area contributed by atoms with E-state index in [4.69, 9.17) is 9.15 Å². The van der Waals surface area contributed by atoms with Crippen molar-refractivity contribution < 1.29 is 13.9 Å². The van der Waals surface area contributed by atoms with Gasteiger partial charge in [0.15, 0.2) is 6.61 Å². The van der Waals surface area contributed by atoms with Crippen LogP contribution in [0.1, 0.15) is 42.2 Å². The molecule has 3 rings (SSSR count). The van der Waals surface area contributed by atoms with E-state index in [-0.39, 0.29) is 18.6 Å². The summed E-state index contributed by atoms with van der Waals surface area (Å²) in [6, 6.07) is 9.97. The number of hydrogen-bond donors (Lipinski definition) is 1. The number of nitrogens with one attached hydrogen (secondary N) is 1. The van der Waals surface area contributed by atoms with Crippen LogP contribution in [0.2, 0.25) is 0 Å². The molecule has 1 aliphatic rings. The van der Waals surface area contributed by atoms with Gasteiger partial charge in [0.25, 0.3) is 5.91 Å². The largest absolute Gasteiger partial charge is 0.483 e. The van der Waals surface area contributed by atoms with Crippen LogP contribution in [0.4, 0.5) is 0 Å². The number of carbonyl (C=O) groups excluding carboxylic acids is 1. The summed E-state index contributed by atoms with van der Waals surface area (Å²) in [6.45, 7) is 6.63. The summed E-state index contributed by atoms with van der Waals surface area (Å²) in [6.07, 6.45) is 5.36. The maximum absolute atomic E-state index is 12.3. The molecule has 140 valence electrons. The maximum Gasteiger partial charge on any atom is 0.258 e. The van der Waals surface area contributed by atoms with E-state index in [9.17, 15) is 4.79 Å². The SMILES string of the molecule is Cc1ccc(C)c(OCC(=O)NC[C@H](c2ccco2)N2CCCCC2)c1. The van der Waals surface area contributed by atoms with Gasteiger partial charge in [0.1, 0.15) is 11.5 Å². The van der Waals surface area contributed by atoms with E-state index in [1.807, 2.05) is 44.2 Å². The summed E-state index contributed by atoms with van der Waals surface area (Å²) in [5.74, 6) is 1.56. The molecule has 1 amide bonds.